The van der Waals surface area contributed by atoms with Crippen molar-refractivity contribution in [3.8, 4) is 0 Å². The van der Waals surface area contributed by atoms with Gasteiger partial charge in [-0.05, 0) is 41.5 Å². The molecule has 0 aromatic heterocycles. The molecule has 0 saturated heterocycles. The third kappa shape index (κ3) is 32.3. The molecule has 0 saturated carbocycles. The van der Waals surface area contributed by atoms with Gasteiger partial charge in [0.15, 0.2) is 0 Å². The summed E-state index contributed by atoms with van der Waals surface area (Å²) in [6.07, 6.45) is -0.0718. The zero-order chi connectivity index (χ0) is 25.8. The second-order valence-electron chi connectivity index (χ2n) is 8.89. The van der Waals surface area contributed by atoms with E-state index in [9.17, 15) is 9.59 Å². The summed E-state index contributed by atoms with van der Waals surface area (Å²) in [7, 11) is 1.65. The zero-order valence-corrected chi connectivity index (χ0v) is 26.1. The van der Waals surface area contributed by atoms with Gasteiger partial charge in [-0.25, -0.2) is 4.79 Å². The van der Waals surface area contributed by atoms with Crippen molar-refractivity contribution < 1.29 is 78.8 Å². The molecule has 0 aromatic carbocycles. The average molecular weight is 640 g/mol. The molecular formula is C23H45NNdO8S-2. The van der Waals surface area contributed by atoms with E-state index < -0.39 is 11.2 Å². The fourth-order valence-corrected chi connectivity index (χ4v) is 1.92. The maximum absolute atomic E-state index is 11.4. The van der Waals surface area contributed by atoms with Crippen LogP contribution in [-0.4, -0.2) is 100 Å². The van der Waals surface area contributed by atoms with Gasteiger partial charge in [0.05, 0.1) is 52.7 Å². The van der Waals surface area contributed by atoms with E-state index >= 15 is 0 Å². The van der Waals surface area contributed by atoms with Crippen molar-refractivity contribution in [3.63, 3.8) is 0 Å². The topological polar surface area (TPSA) is 92.8 Å². The van der Waals surface area contributed by atoms with E-state index in [1.165, 1.54) is 4.90 Å². The molecule has 0 N–H and O–H groups in total. The van der Waals surface area contributed by atoms with E-state index in [4.69, 9.17) is 41.0 Å². The molecule has 0 aromatic rings. The summed E-state index contributed by atoms with van der Waals surface area (Å²) in [6, 6.07) is 0. The molecule has 34 heavy (non-hydrogen) atoms. The number of carbonyl (C=O) groups excluding carboxylic acids is 2. The molecule has 0 bridgehead atoms. The first kappa shape index (κ1) is 38.8. The molecule has 202 valence electrons. The van der Waals surface area contributed by atoms with Crippen LogP contribution in [0.25, 0.3) is 0 Å². The summed E-state index contributed by atoms with van der Waals surface area (Å²) < 4.78 is 31.3. The molecule has 0 heterocycles. The number of nitrogens with zero attached hydrogens (tertiary/aromatic N) is 1. The summed E-state index contributed by atoms with van der Waals surface area (Å²) in [5, 5.41) is 0. The number of ether oxygens (including phenoxy) is 6. The van der Waals surface area contributed by atoms with E-state index in [1.807, 2.05) is 41.5 Å². The van der Waals surface area contributed by atoms with Gasteiger partial charge in [-0.15, -0.1) is 6.54 Å². The van der Waals surface area contributed by atoms with Crippen molar-refractivity contribution in [2.45, 2.75) is 59.2 Å². The van der Waals surface area contributed by atoms with Gasteiger partial charge < -0.3 is 52.9 Å². The summed E-state index contributed by atoms with van der Waals surface area (Å²) in [6.45, 7) is 19.0. The third-order valence-electron chi connectivity index (χ3n) is 3.25. The van der Waals surface area contributed by atoms with E-state index in [0.717, 1.165) is 0 Å². The predicted molar refractivity (Wildman–Crippen MR) is 130 cm³/mol. The molecule has 0 aliphatic carbocycles. The van der Waals surface area contributed by atoms with Crippen LogP contribution in [0.3, 0.4) is 0 Å². The van der Waals surface area contributed by atoms with Crippen LogP contribution in [0.1, 0.15) is 48.0 Å². The van der Waals surface area contributed by atoms with E-state index in [1.54, 1.807) is 7.05 Å². The second kappa shape index (κ2) is 23.7. The third-order valence-corrected chi connectivity index (χ3v) is 3.42. The number of esters is 1. The van der Waals surface area contributed by atoms with Gasteiger partial charge in [0.1, 0.15) is 11.2 Å². The Balaban J connectivity index is -0.000000677. The van der Waals surface area contributed by atoms with Gasteiger partial charge >= 0.3 is 12.1 Å². The fourth-order valence-electron chi connectivity index (χ4n) is 1.80. The van der Waals surface area contributed by atoms with Crippen LogP contribution >= 0.6 is 0 Å². The molecule has 0 spiro atoms. The summed E-state index contributed by atoms with van der Waals surface area (Å²) in [5.41, 5.74) is -0.864. The standard InChI is InChI=1S/C15H30O6S.C8H16NO2.Nd/c1-15(2,3)21-14(16)4-5-17-6-7-18-8-9-19-10-11-20-12-13-22;1-6-9(5)7(10)11-8(2,3)4;/h22H,4-13H2,1-3H3;1,6H2,2-5H3;/q;-1;/p-1. The molecule has 0 rings (SSSR count). The van der Waals surface area contributed by atoms with Crippen LogP contribution in [0.15, 0.2) is 0 Å². The minimum atomic E-state index is -0.448. The number of hydrogen-bond donors (Lipinski definition) is 0. The van der Waals surface area contributed by atoms with Gasteiger partial charge in [-0.1, -0.05) is 0 Å². The van der Waals surface area contributed by atoms with Gasteiger partial charge in [0.2, 0.25) is 0 Å². The molecule has 11 heteroatoms. The Kier molecular flexibility index (Phi) is 27.0. The predicted octanol–water partition coefficient (Wildman–Crippen LogP) is 3.02. The molecular weight excluding hydrogens is 595 g/mol. The minimum Gasteiger partial charge on any atom is -0.790 e. The largest absolute Gasteiger partial charge is 0.790 e. The van der Waals surface area contributed by atoms with Crippen LogP contribution in [0.5, 0.6) is 0 Å². The van der Waals surface area contributed by atoms with Crippen molar-refractivity contribution in [3.05, 3.63) is 6.92 Å². The normalized spacial score (nSPS) is 11.1. The van der Waals surface area contributed by atoms with Crippen molar-refractivity contribution in [2.75, 3.05) is 72.2 Å². The van der Waals surface area contributed by atoms with E-state index in [-0.39, 0.29) is 59.3 Å². The fraction of sp³-hybridized carbons (Fsp3) is 0.870. The van der Waals surface area contributed by atoms with E-state index in [0.29, 0.717) is 65.2 Å². The van der Waals surface area contributed by atoms with Crippen LogP contribution < -0.4 is 0 Å². The molecule has 0 fully saturated rings. The van der Waals surface area contributed by atoms with Crippen molar-refractivity contribution in [1.82, 2.24) is 4.90 Å². The Morgan fingerprint density at radius 1 is 0.735 bits per heavy atom. The summed E-state index contributed by atoms with van der Waals surface area (Å²) in [5.74, 6) is 0.358. The quantitative estimate of drug-likeness (QED) is 0.116. The van der Waals surface area contributed by atoms with Gasteiger partial charge in [-0.3, -0.25) is 4.79 Å². The number of carbonyl (C=O) groups is 2. The van der Waals surface area contributed by atoms with Crippen molar-refractivity contribution in [1.29, 1.82) is 0 Å². The maximum atomic E-state index is 11.4. The van der Waals surface area contributed by atoms with Crippen LogP contribution in [-0.2, 0) is 45.8 Å². The number of rotatable bonds is 15. The number of amides is 1. The SMILES string of the molecule is CC(C)(C)OC(=O)CCOCCOCCOCCOCC[S-].[CH2-]CN(C)C(=O)OC(C)(C)C.[Nd]. The minimum absolute atomic E-state index is 0. The summed E-state index contributed by atoms with van der Waals surface area (Å²) >= 11 is 4.74. The monoisotopic (exact) mass is 637 g/mol. The first-order chi connectivity index (χ1) is 15.3. The Morgan fingerprint density at radius 3 is 1.47 bits per heavy atom. The van der Waals surface area contributed by atoms with Crippen LogP contribution in [0.4, 0.5) is 4.79 Å². The summed E-state index contributed by atoms with van der Waals surface area (Å²) in [4.78, 5) is 23.9. The van der Waals surface area contributed by atoms with Gasteiger partial charge in [0.25, 0.3) is 0 Å². The van der Waals surface area contributed by atoms with Crippen LogP contribution in [0.2, 0.25) is 0 Å². The number of hydrogen-bond acceptors (Lipinski definition) is 9. The molecule has 0 radical (unpaired) electrons. The van der Waals surface area contributed by atoms with Gasteiger partial charge in [-0.2, -0.15) is 5.75 Å². The molecule has 1 amide bonds. The Bertz CT molecular complexity index is 498. The Labute approximate surface area is 245 Å². The van der Waals surface area contributed by atoms with Crippen LogP contribution in [0, 0.1) is 47.8 Å². The molecule has 0 aliphatic heterocycles. The molecule has 9 nitrogen and oxygen atoms in total. The first-order valence-corrected chi connectivity index (χ1v) is 11.7. The van der Waals surface area contributed by atoms with Crippen molar-refractivity contribution in [2.24, 2.45) is 0 Å². The first-order valence-electron chi connectivity index (χ1n) is 11.2. The Hall–Kier alpha value is 0.281. The van der Waals surface area contributed by atoms with Gasteiger partial charge in [0, 0.05) is 54.5 Å². The van der Waals surface area contributed by atoms with Crippen molar-refractivity contribution >= 4 is 24.7 Å². The average Bonchev–Trinajstić information content (AvgIpc) is 2.68. The molecule has 0 unspecified atom stereocenters. The zero-order valence-electron chi connectivity index (χ0n) is 22.1. The Morgan fingerprint density at radius 2 is 1.12 bits per heavy atom. The molecule has 0 aliphatic rings. The van der Waals surface area contributed by atoms with E-state index in [2.05, 4.69) is 6.92 Å². The maximum Gasteiger partial charge on any atom is 0.407 e. The smallest absolute Gasteiger partial charge is 0.407 e. The molecule has 0 atom stereocenters. The second-order valence-corrected chi connectivity index (χ2v) is 9.30.